The summed E-state index contributed by atoms with van der Waals surface area (Å²) in [6.45, 7) is 4.14. The van der Waals surface area contributed by atoms with Crippen molar-refractivity contribution in [1.29, 1.82) is 0 Å². The summed E-state index contributed by atoms with van der Waals surface area (Å²) < 4.78 is 11.6. The number of carboxylic acid groups (broad SMARTS) is 1. The molecule has 8 heteroatoms. The number of fused-ring (bicyclic) bond motifs is 3. The maximum absolute atomic E-state index is 13.2. The Bertz CT molecular complexity index is 1270. The zero-order chi connectivity index (χ0) is 28.5. The fourth-order valence-corrected chi connectivity index (χ4v) is 5.02. The van der Waals surface area contributed by atoms with Crippen LogP contribution in [0.15, 0.2) is 78.9 Å². The lowest BCUT2D eigenvalue weighted by atomic mass is 9.98. The summed E-state index contributed by atoms with van der Waals surface area (Å²) in [5, 5.41) is 14.6. The number of alkyl carbamates (subject to hydrolysis) is 1. The average Bonchev–Trinajstić information content (AvgIpc) is 3.29. The molecule has 40 heavy (non-hydrogen) atoms. The van der Waals surface area contributed by atoms with Crippen LogP contribution in [0.2, 0.25) is 0 Å². The number of carbonyl (C=O) groups excluding carboxylic acids is 2. The molecule has 210 valence electrons. The van der Waals surface area contributed by atoms with E-state index in [1.165, 1.54) is 0 Å². The van der Waals surface area contributed by atoms with Crippen molar-refractivity contribution in [3.8, 4) is 11.1 Å². The van der Waals surface area contributed by atoms with Crippen LogP contribution in [0.5, 0.6) is 0 Å². The molecule has 1 aliphatic rings. The Balaban J connectivity index is 1.42. The summed E-state index contributed by atoms with van der Waals surface area (Å²) in [4.78, 5) is 37.4. The van der Waals surface area contributed by atoms with Gasteiger partial charge in [0.05, 0.1) is 12.7 Å². The first kappa shape index (κ1) is 28.8. The lowest BCUT2D eigenvalue weighted by molar-refractivity contribution is -0.138. The summed E-state index contributed by atoms with van der Waals surface area (Å²) in [7, 11) is 0. The van der Waals surface area contributed by atoms with E-state index in [2.05, 4.69) is 22.8 Å². The van der Waals surface area contributed by atoms with Gasteiger partial charge in [0, 0.05) is 18.9 Å². The molecule has 3 aromatic rings. The Labute approximate surface area is 234 Å². The SMILES string of the molecule is CCC(CNC(=O)C(NC(=O)OCC1c2ccccc2-c2ccccc21)C(C)OCc1ccccc1)CC(=O)O. The van der Waals surface area contributed by atoms with E-state index in [0.717, 1.165) is 27.8 Å². The fraction of sp³-hybridized carbons (Fsp3) is 0.344. The maximum atomic E-state index is 13.2. The van der Waals surface area contributed by atoms with E-state index in [9.17, 15) is 14.4 Å². The molecule has 0 bridgehead atoms. The first-order valence-corrected chi connectivity index (χ1v) is 13.6. The van der Waals surface area contributed by atoms with Gasteiger partial charge in [-0.1, -0.05) is 92.2 Å². The van der Waals surface area contributed by atoms with Crippen LogP contribution in [-0.4, -0.2) is 48.4 Å². The normalized spacial score (nSPS) is 14.3. The first-order chi connectivity index (χ1) is 19.4. The van der Waals surface area contributed by atoms with Gasteiger partial charge in [0.1, 0.15) is 12.6 Å². The Kier molecular flexibility index (Phi) is 9.91. The van der Waals surface area contributed by atoms with Gasteiger partial charge in [0.25, 0.3) is 0 Å². The van der Waals surface area contributed by atoms with E-state index in [1.807, 2.05) is 73.7 Å². The molecule has 3 unspecified atom stereocenters. The van der Waals surface area contributed by atoms with Gasteiger partial charge in [-0.25, -0.2) is 4.79 Å². The van der Waals surface area contributed by atoms with Crippen molar-refractivity contribution >= 4 is 18.0 Å². The highest BCUT2D eigenvalue weighted by Gasteiger charge is 2.32. The number of hydrogen-bond acceptors (Lipinski definition) is 5. The van der Waals surface area contributed by atoms with Crippen molar-refractivity contribution in [2.45, 2.75) is 51.4 Å². The lowest BCUT2D eigenvalue weighted by Gasteiger charge is -2.26. The van der Waals surface area contributed by atoms with E-state index < -0.39 is 30.1 Å². The van der Waals surface area contributed by atoms with E-state index in [0.29, 0.717) is 6.42 Å². The standard InChI is InChI=1S/C32H36N2O6/c1-3-22(17-29(35)36)18-33-31(37)30(21(2)39-19-23-11-5-4-6-12-23)34-32(38)40-20-28-26-15-9-7-13-24(26)25-14-8-10-16-27(25)28/h4-16,21-22,28,30H,3,17-20H2,1-2H3,(H,33,37)(H,34,38)(H,35,36). The average molecular weight is 545 g/mol. The van der Waals surface area contributed by atoms with Crippen molar-refractivity contribution in [3.05, 3.63) is 95.6 Å². The fourth-order valence-electron chi connectivity index (χ4n) is 5.02. The number of benzene rings is 3. The van der Waals surface area contributed by atoms with E-state index >= 15 is 0 Å². The monoisotopic (exact) mass is 544 g/mol. The number of carbonyl (C=O) groups is 3. The van der Waals surface area contributed by atoms with E-state index in [-0.39, 0.29) is 38.0 Å². The van der Waals surface area contributed by atoms with Gasteiger partial charge in [0.2, 0.25) is 5.91 Å². The summed E-state index contributed by atoms with van der Waals surface area (Å²) in [6, 6.07) is 24.6. The Morgan fingerprint density at radius 2 is 1.50 bits per heavy atom. The smallest absolute Gasteiger partial charge is 0.407 e. The minimum absolute atomic E-state index is 0.0543. The molecule has 3 N–H and O–H groups in total. The highest BCUT2D eigenvalue weighted by Crippen LogP contribution is 2.44. The van der Waals surface area contributed by atoms with Gasteiger partial charge in [-0.2, -0.15) is 0 Å². The molecule has 0 saturated carbocycles. The molecular weight excluding hydrogens is 508 g/mol. The predicted molar refractivity (Wildman–Crippen MR) is 152 cm³/mol. The molecule has 0 aromatic heterocycles. The third-order valence-electron chi connectivity index (χ3n) is 7.33. The van der Waals surface area contributed by atoms with Crippen LogP contribution in [-0.2, 0) is 25.7 Å². The first-order valence-electron chi connectivity index (χ1n) is 13.6. The highest BCUT2D eigenvalue weighted by molar-refractivity contribution is 5.86. The minimum Gasteiger partial charge on any atom is -0.481 e. The predicted octanol–water partition coefficient (Wildman–Crippen LogP) is 5.12. The summed E-state index contributed by atoms with van der Waals surface area (Å²) in [5.41, 5.74) is 5.37. The number of hydrogen-bond donors (Lipinski definition) is 3. The third-order valence-corrected chi connectivity index (χ3v) is 7.33. The molecule has 4 rings (SSSR count). The molecule has 2 amide bonds. The molecule has 0 fully saturated rings. The number of aliphatic carboxylic acids is 1. The second kappa shape index (κ2) is 13.8. The largest absolute Gasteiger partial charge is 0.481 e. The van der Waals surface area contributed by atoms with Crippen LogP contribution in [0.25, 0.3) is 11.1 Å². The van der Waals surface area contributed by atoms with Crippen molar-refractivity contribution in [1.82, 2.24) is 10.6 Å². The summed E-state index contributed by atoms with van der Waals surface area (Å²) >= 11 is 0. The van der Waals surface area contributed by atoms with Crippen molar-refractivity contribution in [2.75, 3.05) is 13.2 Å². The number of rotatable bonds is 13. The Hall–Kier alpha value is -4.17. The zero-order valence-electron chi connectivity index (χ0n) is 22.8. The van der Waals surface area contributed by atoms with E-state index in [1.54, 1.807) is 6.92 Å². The number of ether oxygens (including phenoxy) is 2. The molecule has 8 nitrogen and oxygen atoms in total. The number of carboxylic acids is 1. The van der Waals surface area contributed by atoms with Crippen molar-refractivity contribution < 1.29 is 29.0 Å². The molecule has 0 saturated heterocycles. The Morgan fingerprint density at radius 1 is 0.900 bits per heavy atom. The molecular formula is C32H36N2O6. The van der Waals surface area contributed by atoms with E-state index in [4.69, 9.17) is 14.6 Å². The highest BCUT2D eigenvalue weighted by atomic mass is 16.5. The number of nitrogens with one attached hydrogen (secondary N) is 2. The van der Waals surface area contributed by atoms with Gasteiger partial charge >= 0.3 is 12.1 Å². The molecule has 0 heterocycles. The Morgan fingerprint density at radius 3 is 2.10 bits per heavy atom. The van der Waals surface area contributed by atoms with Gasteiger partial charge < -0.3 is 25.2 Å². The minimum atomic E-state index is -1.04. The molecule has 0 spiro atoms. The molecule has 3 aromatic carbocycles. The van der Waals surface area contributed by atoms with Crippen molar-refractivity contribution in [2.24, 2.45) is 5.92 Å². The van der Waals surface area contributed by atoms with Crippen molar-refractivity contribution in [3.63, 3.8) is 0 Å². The van der Waals surface area contributed by atoms with Crippen LogP contribution in [0.3, 0.4) is 0 Å². The lowest BCUT2D eigenvalue weighted by Crippen LogP contribution is -2.54. The quantitative estimate of drug-likeness (QED) is 0.275. The van der Waals surface area contributed by atoms with Gasteiger partial charge in [-0.05, 0) is 40.7 Å². The zero-order valence-corrected chi connectivity index (χ0v) is 22.8. The topological polar surface area (TPSA) is 114 Å². The second-order valence-corrected chi connectivity index (χ2v) is 10.1. The second-order valence-electron chi connectivity index (χ2n) is 10.1. The van der Waals surface area contributed by atoms with Gasteiger partial charge in [-0.15, -0.1) is 0 Å². The van der Waals surface area contributed by atoms with Crippen LogP contribution in [0, 0.1) is 5.92 Å². The number of amides is 2. The molecule has 0 radical (unpaired) electrons. The van der Waals surface area contributed by atoms with Crippen LogP contribution in [0.4, 0.5) is 4.79 Å². The molecule has 0 aliphatic heterocycles. The van der Waals surface area contributed by atoms with Crippen LogP contribution in [0.1, 0.15) is 49.3 Å². The van der Waals surface area contributed by atoms with Crippen LogP contribution < -0.4 is 10.6 Å². The molecule has 1 aliphatic carbocycles. The van der Waals surface area contributed by atoms with Crippen LogP contribution >= 0.6 is 0 Å². The summed E-state index contributed by atoms with van der Waals surface area (Å²) in [6.07, 6.45) is -0.867. The van der Waals surface area contributed by atoms with Gasteiger partial charge in [0.15, 0.2) is 0 Å². The van der Waals surface area contributed by atoms with Gasteiger partial charge in [-0.3, -0.25) is 9.59 Å². The third kappa shape index (κ3) is 7.27. The maximum Gasteiger partial charge on any atom is 0.407 e. The summed E-state index contributed by atoms with van der Waals surface area (Å²) in [5.74, 6) is -1.72. The molecule has 3 atom stereocenters.